The average Bonchev–Trinajstić information content (AvgIpc) is 2.81. The number of hydrogen-bond donors (Lipinski definition) is 1. The number of rotatable bonds is 4. The van der Waals surface area contributed by atoms with Gasteiger partial charge in [0.1, 0.15) is 17.0 Å². The fourth-order valence-corrected chi connectivity index (χ4v) is 4.02. The maximum atomic E-state index is 12.3. The third kappa shape index (κ3) is 9.46. The first-order chi connectivity index (χ1) is 17.8. The van der Waals surface area contributed by atoms with Gasteiger partial charge in [0.25, 0.3) is 0 Å². The zero-order chi connectivity index (χ0) is 27.9. The Labute approximate surface area is 230 Å². The van der Waals surface area contributed by atoms with E-state index in [1.807, 2.05) is 71.9 Å². The molecular weight excluding hydrogens is 504 g/mol. The number of aromatic nitrogens is 1. The van der Waals surface area contributed by atoms with Crippen molar-refractivity contribution in [3.8, 4) is 11.8 Å². The number of anilines is 1. The largest absolute Gasteiger partial charge is 0.444 e. The minimum absolute atomic E-state index is 0.301. The van der Waals surface area contributed by atoms with Crippen LogP contribution in [0.15, 0.2) is 36.5 Å². The molecule has 2 heterocycles. The molecule has 1 saturated heterocycles. The highest BCUT2D eigenvalue weighted by atomic mass is 35.5. The Bertz CT molecular complexity index is 1200. The topological polar surface area (TPSA) is 84.0 Å². The Morgan fingerprint density at radius 1 is 0.974 bits per heavy atom. The maximum absolute atomic E-state index is 12.3. The van der Waals surface area contributed by atoms with Crippen LogP contribution in [0.3, 0.4) is 0 Å². The number of alkyl carbamates (subject to hydrolysis) is 1. The summed E-state index contributed by atoms with van der Waals surface area (Å²) >= 11 is 6.56. The molecule has 1 fully saturated rings. The fraction of sp³-hybridized carbons (Fsp3) is 0.483. The monoisotopic (exact) mass is 540 g/mol. The van der Waals surface area contributed by atoms with Crippen LogP contribution in [0.2, 0.25) is 5.02 Å². The molecule has 0 atom stereocenters. The van der Waals surface area contributed by atoms with Crippen LogP contribution in [-0.2, 0) is 15.9 Å². The summed E-state index contributed by atoms with van der Waals surface area (Å²) < 4.78 is 10.7. The number of halogens is 1. The van der Waals surface area contributed by atoms with Crippen molar-refractivity contribution in [3.63, 3.8) is 0 Å². The fourth-order valence-electron chi connectivity index (χ4n) is 3.73. The molecule has 0 saturated carbocycles. The van der Waals surface area contributed by atoms with Gasteiger partial charge in [0.15, 0.2) is 0 Å². The lowest BCUT2D eigenvalue weighted by Crippen LogP contribution is -2.50. The summed E-state index contributed by atoms with van der Waals surface area (Å²) in [6.07, 6.45) is 1.65. The summed E-state index contributed by atoms with van der Waals surface area (Å²) in [6, 6.07) is 9.68. The molecule has 3 rings (SSSR count). The predicted octanol–water partition coefficient (Wildman–Crippen LogP) is 5.26. The highest BCUT2D eigenvalue weighted by molar-refractivity contribution is 6.33. The molecule has 1 aliphatic rings. The first kappa shape index (κ1) is 29.1. The number of piperazine rings is 1. The van der Waals surface area contributed by atoms with Crippen molar-refractivity contribution in [1.82, 2.24) is 15.2 Å². The van der Waals surface area contributed by atoms with E-state index in [9.17, 15) is 9.59 Å². The molecule has 0 aliphatic carbocycles. The lowest BCUT2D eigenvalue weighted by Gasteiger charge is -2.36. The number of hydrogen-bond acceptors (Lipinski definition) is 6. The van der Waals surface area contributed by atoms with E-state index < -0.39 is 17.3 Å². The second-order valence-corrected chi connectivity index (χ2v) is 11.5. The molecule has 2 aromatic rings. The normalized spacial score (nSPS) is 13.9. The minimum Gasteiger partial charge on any atom is -0.444 e. The third-order valence-electron chi connectivity index (χ3n) is 5.41. The second kappa shape index (κ2) is 12.4. The first-order valence-electron chi connectivity index (χ1n) is 12.8. The van der Waals surface area contributed by atoms with Gasteiger partial charge in [-0.1, -0.05) is 35.6 Å². The summed E-state index contributed by atoms with van der Waals surface area (Å²) in [4.78, 5) is 32.4. The summed E-state index contributed by atoms with van der Waals surface area (Å²) in [5.74, 6) is 6.97. The molecule has 38 heavy (non-hydrogen) atoms. The molecule has 1 N–H and O–H groups in total. The highest BCUT2D eigenvalue weighted by Gasteiger charge is 2.27. The van der Waals surface area contributed by atoms with Crippen molar-refractivity contribution in [3.05, 3.63) is 58.2 Å². The van der Waals surface area contributed by atoms with Gasteiger partial charge in [-0.2, -0.15) is 0 Å². The van der Waals surface area contributed by atoms with Gasteiger partial charge in [-0.3, -0.25) is 0 Å². The van der Waals surface area contributed by atoms with Crippen LogP contribution in [0.25, 0.3) is 0 Å². The molecule has 1 aromatic carbocycles. The Morgan fingerprint density at radius 2 is 1.63 bits per heavy atom. The van der Waals surface area contributed by atoms with E-state index in [0.717, 1.165) is 11.1 Å². The third-order valence-corrected chi connectivity index (χ3v) is 5.69. The molecule has 0 radical (unpaired) electrons. The Hall–Kier alpha value is -3.44. The number of carbonyl (C=O) groups is 2. The smallest absolute Gasteiger partial charge is 0.410 e. The van der Waals surface area contributed by atoms with Crippen molar-refractivity contribution >= 4 is 29.6 Å². The van der Waals surface area contributed by atoms with Gasteiger partial charge < -0.3 is 24.6 Å². The van der Waals surface area contributed by atoms with Crippen molar-refractivity contribution in [1.29, 1.82) is 0 Å². The van der Waals surface area contributed by atoms with E-state index >= 15 is 0 Å². The van der Waals surface area contributed by atoms with Crippen LogP contribution < -0.4 is 10.2 Å². The molecular formula is C29H37ClN4O4. The highest BCUT2D eigenvalue weighted by Crippen LogP contribution is 2.25. The molecule has 8 nitrogen and oxygen atoms in total. The van der Waals surface area contributed by atoms with Gasteiger partial charge in [-0.15, -0.1) is 0 Å². The van der Waals surface area contributed by atoms with Gasteiger partial charge in [0, 0.05) is 50.0 Å². The number of nitrogens with zero attached hydrogens (tertiary/aromatic N) is 3. The van der Waals surface area contributed by atoms with Crippen LogP contribution in [0.4, 0.5) is 15.4 Å². The van der Waals surface area contributed by atoms with Crippen LogP contribution in [0.5, 0.6) is 0 Å². The Balaban J connectivity index is 1.55. The lowest BCUT2D eigenvalue weighted by atomic mass is 10.1. The lowest BCUT2D eigenvalue weighted by molar-refractivity contribution is 0.0240. The van der Waals surface area contributed by atoms with Gasteiger partial charge in [0.05, 0.1) is 5.02 Å². The van der Waals surface area contributed by atoms with Crippen molar-refractivity contribution in [2.45, 2.75) is 59.2 Å². The molecule has 0 bridgehead atoms. The number of benzene rings is 1. The maximum Gasteiger partial charge on any atom is 0.410 e. The van der Waals surface area contributed by atoms with Crippen LogP contribution in [0.1, 0.15) is 58.2 Å². The second-order valence-electron chi connectivity index (χ2n) is 11.1. The predicted molar refractivity (Wildman–Crippen MR) is 150 cm³/mol. The van der Waals surface area contributed by atoms with Crippen LogP contribution in [0, 0.1) is 11.8 Å². The Kier molecular flexibility index (Phi) is 9.50. The number of ether oxygens (including phenoxy) is 2. The molecule has 1 aliphatic heterocycles. The Morgan fingerprint density at radius 3 is 2.26 bits per heavy atom. The molecule has 2 amide bonds. The van der Waals surface area contributed by atoms with Gasteiger partial charge >= 0.3 is 12.2 Å². The molecule has 1 aromatic heterocycles. The first-order valence-corrected chi connectivity index (χ1v) is 13.1. The minimum atomic E-state index is -0.522. The standard InChI is InChI=1S/C29H37ClN4O4/c1-28(2,3)37-26(35)31-13-12-22-9-7-8-21(18-22)10-11-23-19-24(30)25(32-20-23)33-14-16-34(17-15-33)27(36)38-29(4,5)6/h7-9,18-20H,12-17H2,1-6H3,(H,31,35). The van der Waals surface area contributed by atoms with Crippen LogP contribution in [-0.4, -0.2) is 66.0 Å². The summed E-state index contributed by atoms with van der Waals surface area (Å²) in [5, 5.41) is 3.29. The summed E-state index contributed by atoms with van der Waals surface area (Å²) in [7, 11) is 0. The number of carbonyl (C=O) groups excluding carboxylic acids is 2. The SMILES string of the molecule is CC(C)(C)OC(=O)NCCc1cccc(C#Cc2cnc(N3CCN(C(=O)OC(C)(C)C)CC3)c(Cl)c2)c1. The van der Waals surface area contributed by atoms with E-state index in [1.54, 1.807) is 11.1 Å². The summed E-state index contributed by atoms with van der Waals surface area (Å²) in [5.41, 5.74) is 1.59. The van der Waals surface area contributed by atoms with E-state index in [2.05, 4.69) is 27.0 Å². The quantitative estimate of drug-likeness (QED) is 0.533. The number of amides is 2. The molecule has 0 unspecified atom stereocenters. The van der Waals surface area contributed by atoms with E-state index in [4.69, 9.17) is 21.1 Å². The van der Waals surface area contributed by atoms with Gasteiger partial charge in [0.2, 0.25) is 0 Å². The van der Waals surface area contributed by atoms with E-state index in [1.165, 1.54) is 0 Å². The zero-order valence-corrected chi connectivity index (χ0v) is 23.8. The zero-order valence-electron chi connectivity index (χ0n) is 23.1. The van der Waals surface area contributed by atoms with Crippen molar-refractivity contribution in [2.75, 3.05) is 37.6 Å². The molecule has 204 valence electrons. The van der Waals surface area contributed by atoms with Crippen LogP contribution >= 0.6 is 11.6 Å². The average molecular weight is 541 g/mol. The van der Waals surface area contributed by atoms with Crippen molar-refractivity contribution in [2.24, 2.45) is 0 Å². The molecule has 9 heteroatoms. The molecule has 0 spiro atoms. The summed E-state index contributed by atoms with van der Waals surface area (Å²) in [6.45, 7) is 13.9. The number of pyridine rings is 1. The van der Waals surface area contributed by atoms with E-state index in [-0.39, 0.29) is 6.09 Å². The van der Waals surface area contributed by atoms with Gasteiger partial charge in [-0.25, -0.2) is 14.6 Å². The number of nitrogens with one attached hydrogen (secondary N) is 1. The van der Waals surface area contributed by atoms with Crippen molar-refractivity contribution < 1.29 is 19.1 Å². The van der Waals surface area contributed by atoms with Gasteiger partial charge in [-0.05, 0) is 71.7 Å². The van der Waals surface area contributed by atoms with E-state index in [0.29, 0.717) is 55.5 Å².